The minimum atomic E-state index is -0.288. The van der Waals surface area contributed by atoms with Crippen LogP contribution in [0.3, 0.4) is 0 Å². The molecule has 0 fully saturated rings. The molecular weight excluding hydrogens is 246 g/mol. The maximum atomic E-state index is 11.1. The third kappa shape index (κ3) is 4.79. The standard InChI is InChI=1S/C14H21NO4/c1-4-18-12-7-5-6-11(10-15-2)14(12)19-9-8-13(16)17-3/h5-7,15H,4,8-10H2,1-3H3. The molecule has 0 spiro atoms. The normalized spacial score (nSPS) is 10.1. The quantitative estimate of drug-likeness (QED) is 0.727. The molecule has 0 bridgehead atoms. The smallest absolute Gasteiger partial charge is 0.308 e. The average molecular weight is 267 g/mol. The number of carbonyl (C=O) groups is 1. The maximum Gasteiger partial charge on any atom is 0.308 e. The molecule has 0 aliphatic heterocycles. The molecule has 0 saturated heterocycles. The van der Waals surface area contributed by atoms with Crippen molar-refractivity contribution in [2.45, 2.75) is 19.9 Å². The van der Waals surface area contributed by atoms with Gasteiger partial charge in [-0.05, 0) is 20.0 Å². The number of para-hydroxylation sites is 1. The van der Waals surface area contributed by atoms with E-state index in [-0.39, 0.29) is 19.0 Å². The lowest BCUT2D eigenvalue weighted by Gasteiger charge is -2.15. The summed E-state index contributed by atoms with van der Waals surface area (Å²) < 4.78 is 15.8. The molecular formula is C14H21NO4. The second-order valence-corrected chi connectivity index (χ2v) is 3.88. The van der Waals surface area contributed by atoms with Gasteiger partial charge in [-0.2, -0.15) is 0 Å². The van der Waals surface area contributed by atoms with Crippen LogP contribution in [-0.4, -0.2) is 33.3 Å². The van der Waals surface area contributed by atoms with Crippen LogP contribution in [0.1, 0.15) is 18.9 Å². The Balaban J connectivity index is 2.78. The molecule has 0 unspecified atom stereocenters. The van der Waals surface area contributed by atoms with Crippen LogP contribution in [0.15, 0.2) is 18.2 Å². The molecule has 1 aromatic rings. The molecule has 0 aromatic heterocycles. The summed E-state index contributed by atoms with van der Waals surface area (Å²) in [6, 6.07) is 5.74. The van der Waals surface area contributed by atoms with Crippen molar-refractivity contribution in [1.29, 1.82) is 0 Å². The largest absolute Gasteiger partial charge is 0.490 e. The highest BCUT2D eigenvalue weighted by molar-refractivity contribution is 5.69. The van der Waals surface area contributed by atoms with E-state index < -0.39 is 0 Å². The van der Waals surface area contributed by atoms with Gasteiger partial charge >= 0.3 is 5.97 Å². The molecule has 5 nitrogen and oxygen atoms in total. The first-order chi connectivity index (χ1) is 9.22. The number of rotatable bonds is 8. The van der Waals surface area contributed by atoms with Crippen LogP contribution in [0.2, 0.25) is 0 Å². The van der Waals surface area contributed by atoms with Crippen molar-refractivity contribution in [2.24, 2.45) is 0 Å². The molecule has 1 aromatic carbocycles. The van der Waals surface area contributed by atoms with E-state index in [9.17, 15) is 4.79 Å². The zero-order valence-corrected chi connectivity index (χ0v) is 11.7. The van der Waals surface area contributed by atoms with Crippen molar-refractivity contribution in [1.82, 2.24) is 5.32 Å². The number of ether oxygens (including phenoxy) is 3. The van der Waals surface area contributed by atoms with Crippen LogP contribution in [0.5, 0.6) is 11.5 Å². The number of methoxy groups -OCH3 is 1. The Kier molecular flexibility index (Phi) is 6.74. The Hall–Kier alpha value is -1.75. The highest BCUT2D eigenvalue weighted by Gasteiger charge is 2.11. The second-order valence-electron chi connectivity index (χ2n) is 3.88. The van der Waals surface area contributed by atoms with Crippen molar-refractivity contribution in [2.75, 3.05) is 27.4 Å². The number of nitrogens with one attached hydrogen (secondary N) is 1. The fourth-order valence-corrected chi connectivity index (χ4v) is 1.66. The lowest BCUT2D eigenvalue weighted by atomic mass is 10.2. The molecule has 19 heavy (non-hydrogen) atoms. The van der Waals surface area contributed by atoms with E-state index in [4.69, 9.17) is 9.47 Å². The van der Waals surface area contributed by atoms with Gasteiger partial charge in [0.05, 0.1) is 26.7 Å². The minimum absolute atomic E-state index is 0.218. The molecule has 5 heteroatoms. The van der Waals surface area contributed by atoms with E-state index in [0.717, 1.165) is 5.56 Å². The zero-order valence-electron chi connectivity index (χ0n) is 11.7. The summed E-state index contributed by atoms with van der Waals surface area (Å²) in [4.78, 5) is 11.1. The SMILES string of the molecule is CCOc1cccc(CNC)c1OCCC(=O)OC. The number of hydrogen-bond acceptors (Lipinski definition) is 5. The van der Waals surface area contributed by atoms with Gasteiger partial charge in [0.1, 0.15) is 0 Å². The molecule has 1 N–H and O–H groups in total. The molecule has 0 amide bonds. The van der Waals surface area contributed by atoms with E-state index >= 15 is 0 Å². The Morgan fingerprint density at radius 3 is 2.74 bits per heavy atom. The van der Waals surface area contributed by atoms with Crippen molar-refractivity contribution in [3.8, 4) is 11.5 Å². The van der Waals surface area contributed by atoms with E-state index in [1.807, 2.05) is 32.2 Å². The van der Waals surface area contributed by atoms with Gasteiger partial charge in [0.2, 0.25) is 0 Å². The van der Waals surface area contributed by atoms with Crippen LogP contribution >= 0.6 is 0 Å². The summed E-state index contributed by atoms with van der Waals surface area (Å²) in [6.07, 6.45) is 0.218. The van der Waals surface area contributed by atoms with Gasteiger partial charge in [-0.15, -0.1) is 0 Å². The van der Waals surface area contributed by atoms with Gasteiger partial charge in [0, 0.05) is 12.1 Å². The molecule has 0 atom stereocenters. The van der Waals surface area contributed by atoms with Crippen LogP contribution in [0.4, 0.5) is 0 Å². The molecule has 0 heterocycles. The predicted octanol–water partition coefficient (Wildman–Crippen LogP) is 1.75. The van der Waals surface area contributed by atoms with Gasteiger partial charge in [-0.25, -0.2) is 0 Å². The first kappa shape index (κ1) is 15.3. The van der Waals surface area contributed by atoms with Gasteiger partial charge in [-0.3, -0.25) is 4.79 Å². The topological polar surface area (TPSA) is 56.8 Å². The Morgan fingerprint density at radius 1 is 1.32 bits per heavy atom. The van der Waals surface area contributed by atoms with Crippen LogP contribution in [0.25, 0.3) is 0 Å². The van der Waals surface area contributed by atoms with Crippen LogP contribution < -0.4 is 14.8 Å². The molecule has 0 radical (unpaired) electrons. The second kappa shape index (κ2) is 8.37. The fourth-order valence-electron chi connectivity index (χ4n) is 1.66. The monoisotopic (exact) mass is 267 g/mol. The van der Waals surface area contributed by atoms with Crippen LogP contribution in [0, 0.1) is 0 Å². The maximum absolute atomic E-state index is 11.1. The summed E-state index contributed by atoms with van der Waals surface area (Å²) in [7, 11) is 3.23. The number of hydrogen-bond donors (Lipinski definition) is 1. The summed E-state index contributed by atoms with van der Waals surface area (Å²) in [6.45, 7) is 3.43. The number of esters is 1. The van der Waals surface area contributed by atoms with Crippen molar-refractivity contribution in [3.63, 3.8) is 0 Å². The predicted molar refractivity (Wildman–Crippen MR) is 72.5 cm³/mol. The summed E-state index contributed by atoms with van der Waals surface area (Å²) in [5, 5.41) is 3.08. The zero-order chi connectivity index (χ0) is 14.1. The van der Waals surface area contributed by atoms with E-state index in [1.165, 1.54) is 7.11 Å². The lowest BCUT2D eigenvalue weighted by Crippen LogP contribution is -2.12. The Labute approximate surface area is 113 Å². The van der Waals surface area contributed by atoms with Crippen molar-refractivity contribution >= 4 is 5.97 Å². The van der Waals surface area contributed by atoms with Gasteiger partial charge < -0.3 is 19.5 Å². The van der Waals surface area contributed by atoms with Gasteiger partial charge in [0.25, 0.3) is 0 Å². The fraction of sp³-hybridized carbons (Fsp3) is 0.500. The van der Waals surface area contributed by atoms with E-state index in [0.29, 0.717) is 24.7 Å². The molecule has 0 saturated carbocycles. The first-order valence-corrected chi connectivity index (χ1v) is 6.31. The van der Waals surface area contributed by atoms with E-state index in [2.05, 4.69) is 10.1 Å². The third-order valence-corrected chi connectivity index (χ3v) is 2.51. The average Bonchev–Trinajstić information content (AvgIpc) is 2.42. The van der Waals surface area contributed by atoms with Crippen molar-refractivity contribution in [3.05, 3.63) is 23.8 Å². The van der Waals surface area contributed by atoms with Gasteiger partial charge in [0.15, 0.2) is 11.5 Å². The van der Waals surface area contributed by atoms with Gasteiger partial charge in [-0.1, -0.05) is 12.1 Å². The molecule has 0 aliphatic rings. The number of carbonyl (C=O) groups excluding carboxylic acids is 1. The van der Waals surface area contributed by atoms with Crippen molar-refractivity contribution < 1.29 is 19.0 Å². The first-order valence-electron chi connectivity index (χ1n) is 6.31. The highest BCUT2D eigenvalue weighted by Crippen LogP contribution is 2.31. The summed E-state index contributed by atoms with van der Waals surface area (Å²) in [5.41, 5.74) is 0.998. The Morgan fingerprint density at radius 2 is 2.11 bits per heavy atom. The molecule has 1 rings (SSSR count). The third-order valence-electron chi connectivity index (χ3n) is 2.51. The van der Waals surface area contributed by atoms with E-state index in [1.54, 1.807) is 0 Å². The highest BCUT2D eigenvalue weighted by atomic mass is 16.5. The lowest BCUT2D eigenvalue weighted by molar-refractivity contribution is -0.141. The minimum Gasteiger partial charge on any atom is -0.490 e. The summed E-state index contributed by atoms with van der Waals surface area (Å²) >= 11 is 0. The number of benzene rings is 1. The Bertz CT molecular complexity index is 382. The molecule has 106 valence electrons. The summed E-state index contributed by atoms with van der Waals surface area (Å²) in [5.74, 6) is 1.09. The molecule has 0 aliphatic carbocycles. The van der Waals surface area contributed by atoms with Crippen LogP contribution in [-0.2, 0) is 16.1 Å².